The Morgan fingerprint density at radius 1 is 1.25 bits per heavy atom. The number of hydrogen-bond acceptors (Lipinski definition) is 2. The monoisotopic (exact) mass is 303 g/mol. The van der Waals surface area contributed by atoms with Crippen LogP contribution in [0.1, 0.15) is 36.5 Å². The molecule has 2 atom stereocenters. The van der Waals surface area contributed by atoms with Gasteiger partial charge in [0.25, 0.3) is 5.91 Å². The average Bonchev–Trinajstić information content (AvgIpc) is 2.73. The minimum Gasteiger partial charge on any atom is -0.349 e. The van der Waals surface area contributed by atoms with E-state index in [-0.39, 0.29) is 28.6 Å². The van der Waals surface area contributed by atoms with Crippen molar-refractivity contribution in [3.8, 4) is 0 Å². The SMILES string of the molecule is CC1CCC(NC(=O)c2ccc(SC(F)(F)F)cc2)C1. The summed E-state index contributed by atoms with van der Waals surface area (Å²) in [4.78, 5) is 12.1. The van der Waals surface area contributed by atoms with Crippen molar-refractivity contribution in [1.82, 2.24) is 5.32 Å². The van der Waals surface area contributed by atoms with E-state index in [1.807, 2.05) is 0 Å². The minimum atomic E-state index is -4.30. The normalized spacial score (nSPS) is 22.8. The molecule has 0 heterocycles. The molecule has 2 unspecified atom stereocenters. The number of carbonyl (C=O) groups excluding carboxylic acids is 1. The summed E-state index contributed by atoms with van der Waals surface area (Å²) < 4.78 is 36.6. The number of benzene rings is 1. The van der Waals surface area contributed by atoms with Crippen molar-refractivity contribution in [1.29, 1.82) is 0 Å². The first-order valence-corrected chi connectivity index (χ1v) is 7.32. The van der Waals surface area contributed by atoms with Crippen LogP contribution in [0.3, 0.4) is 0 Å². The van der Waals surface area contributed by atoms with Gasteiger partial charge in [0.15, 0.2) is 0 Å². The predicted molar refractivity (Wildman–Crippen MR) is 72.6 cm³/mol. The zero-order valence-electron chi connectivity index (χ0n) is 11.0. The third-order valence-corrected chi connectivity index (χ3v) is 4.12. The lowest BCUT2D eigenvalue weighted by atomic mass is 10.1. The summed E-state index contributed by atoms with van der Waals surface area (Å²) in [5, 5.41) is 2.93. The van der Waals surface area contributed by atoms with Crippen molar-refractivity contribution in [3.05, 3.63) is 29.8 Å². The summed E-state index contributed by atoms with van der Waals surface area (Å²) in [6, 6.07) is 5.69. The third kappa shape index (κ3) is 4.44. The average molecular weight is 303 g/mol. The Morgan fingerprint density at radius 3 is 2.40 bits per heavy atom. The molecule has 1 N–H and O–H groups in total. The van der Waals surface area contributed by atoms with Gasteiger partial charge in [0, 0.05) is 16.5 Å². The summed E-state index contributed by atoms with van der Waals surface area (Å²) in [6.07, 6.45) is 3.04. The first-order valence-electron chi connectivity index (χ1n) is 6.50. The second-order valence-corrected chi connectivity index (χ2v) is 6.30. The van der Waals surface area contributed by atoms with Crippen LogP contribution in [0.5, 0.6) is 0 Å². The van der Waals surface area contributed by atoms with Gasteiger partial charge in [-0.1, -0.05) is 6.92 Å². The number of hydrogen-bond donors (Lipinski definition) is 1. The molecule has 1 aliphatic carbocycles. The van der Waals surface area contributed by atoms with E-state index in [0.717, 1.165) is 19.3 Å². The fourth-order valence-corrected chi connectivity index (χ4v) is 2.95. The van der Waals surface area contributed by atoms with Crippen molar-refractivity contribution in [2.24, 2.45) is 5.92 Å². The molecular formula is C14H16F3NOS. The Labute approximate surface area is 120 Å². The van der Waals surface area contributed by atoms with Crippen molar-refractivity contribution in [3.63, 3.8) is 0 Å². The lowest BCUT2D eigenvalue weighted by molar-refractivity contribution is -0.0328. The highest BCUT2D eigenvalue weighted by molar-refractivity contribution is 8.00. The standard InChI is InChI=1S/C14H16F3NOS/c1-9-2-5-11(8-9)18-13(19)10-3-6-12(7-4-10)20-14(15,16)17/h3-4,6-7,9,11H,2,5,8H2,1H3,(H,18,19). The Hall–Kier alpha value is -1.17. The van der Waals surface area contributed by atoms with E-state index in [1.165, 1.54) is 24.3 Å². The summed E-state index contributed by atoms with van der Waals surface area (Å²) in [5.41, 5.74) is -3.90. The minimum absolute atomic E-state index is 0.0866. The van der Waals surface area contributed by atoms with Gasteiger partial charge in [0.05, 0.1) is 0 Å². The molecule has 0 spiro atoms. The van der Waals surface area contributed by atoms with Crippen molar-refractivity contribution >= 4 is 17.7 Å². The smallest absolute Gasteiger partial charge is 0.349 e. The van der Waals surface area contributed by atoms with E-state index >= 15 is 0 Å². The van der Waals surface area contributed by atoms with Gasteiger partial charge in [0.1, 0.15) is 0 Å². The molecular weight excluding hydrogens is 287 g/mol. The molecule has 1 aromatic rings. The van der Waals surface area contributed by atoms with Crippen LogP contribution in [0, 0.1) is 5.92 Å². The Morgan fingerprint density at radius 2 is 1.90 bits per heavy atom. The molecule has 0 aromatic heterocycles. The molecule has 0 radical (unpaired) electrons. The first-order chi connectivity index (χ1) is 9.33. The van der Waals surface area contributed by atoms with E-state index in [9.17, 15) is 18.0 Å². The summed E-state index contributed by atoms with van der Waals surface area (Å²) in [7, 11) is 0. The molecule has 1 saturated carbocycles. The van der Waals surface area contributed by atoms with Crippen LogP contribution in [0.2, 0.25) is 0 Å². The Bertz CT molecular complexity index is 472. The molecule has 2 rings (SSSR count). The zero-order chi connectivity index (χ0) is 14.8. The molecule has 1 amide bonds. The topological polar surface area (TPSA) is 29.1 Å². The highest BCUT2D eigenvalue weighted by Gasteiger charge is 2.29. The summed E-state index contributed by atoms with van der Waals surface area (Å²) in [6.45, 7) is 2.15. The fraction of sp³-hybridized carbons (Fsp3) is 0.500. The van der Waals surface area contributed by atoms with Gasteiger partial charge < -0.3 is 5.32 Å². The second-order valence-electron chi connectivity index (χ2n) is 5.16. The van der Waals surface area contributed by atoms with Gasteiger partial charge in [-0.2, -0.15) is 13.2 Å². The molecule has 0 bridgehead atoms. The van der Waals surface area contributed by atoms with E-state index < -0.39 is 5.51 Å². The first kappa shape index (κ1) is 15.2. The highest BCUT2D eigenvalue weighted by atomic mass is 32.2. The van der Waals surface area contributed by atoms with Gasteiger partial charge in [-0.15, -0.1) is 0 Å². The van der Waals surface area contributed by atoms with Crippen LogP contribution < -0.4 is 5.32 Å². The van der Waals surface area contributed by atoms with Crippen LogP contribution in [0.4, 0.5) is 13.2 Å². The summed E-state index contributed by atoms with van der Waals surface area (Å²) in [5.74, 6) is 0.401. The maximum atomic E-state index is 12.2. The van der Waals surface area contributed by atoms with Crippen LogP contribution in [-0.2, 0) is 0 Å². The Kier molecular flexibility index (Phi) is 4.62. The number of rotatable bonds is 3. The number of amides is 1. The maximum Gasteiger partial charge on any atom is 0.446 e. The van der Waals surface area contributed by atoms with Crippen molar-refractivity contribution < 1.29 is 18.0 Å². The highest BCUT2D eigenvalue weighted by Crippen LogP contribution is 2.36. The van der Waals surface area contributed by atoms with E-state index in [1.54, 1.807) is 0 Å². The number of alkyl halides is 3. The molecule has 1 aromatic carbocycles. The molecule has 2 nitrogen and oxygen atoms in total. The van der Waals surface area contributed by atoms with Crippen LogP contribution >= 0.6 is 11.8 Å². The van der Waals surface area contributed by atoms with Gasteiger partial charge in [-0.3, -0.25) is 4.79 Å². The molecule has 0 aliphatic heterocycles. The number of thioether (sulfide) groups is 1. The predicted octanol–water partition coefficient (Wildman–Crippen LogP) is 4.22. The zero-order valence-corrected chi connectivity index (χ0v) is 11.9. The molecule has 1 fully saturated rings. The van der Waals surface area contributed by atoms with Crippen LogP contribution in [-0.4, -0.2) is 17.5 Å². The van der Waals surface area contributed by atoms with E-state index in [4.69, 9.17) is 0 Å². The van der Waals surface area contributed by atoms with Gasteiger partial charge >= 0.3 is 5.51 Å². The van der Waals surface area contributed by atoms with Crippen LogP contribution in [0.15, 0.2) is 29.2 Å². The number of halogens is 3. The second kappa shape index (κ2) is 6.08. The van der Waals surface area contributed by atoms with Crippen molar-refractivity contribution in [2.75, 3.05) is 0 Å². The van der Waals surface area contributed by atoms with Gasteiger partial charge in [-0.05, 0) is 61.2 Å². The van der Waals surface area contributed by atoms with Gasteiger partial charge in [0.2, 0.25) is 0 Å². The number of carbonyl (C=O) groups is 1. The van der Waals surface area contributed by atoms with Gasteiger partial charge in [-0.25, -0.2) is 0 Å². The maximum absolute atomic E-state index is 12.2. The third-order valence-electron chi connectivity index (χ3n) is 3.38. The largest absolute Gasteiger partial charge is 0.446 e. The molecule has 110 valence electrons. The molecule has 6 heteroatoms. The number of nitrogens with one attached hydrogen (secondary N) is 1. The summed E-state index contributed by atoms with van der Waals surface area (Å²) >= 11 is -0.177. The quantitative estimate of drug-likeness (QED) is 0.847. The van der Waals surface area contributed by atoms with E-state index in [2.05, 4.69) is 12.2 Å². The Balaban J connectivity index is 1.94. The van der Waals surface area contributed by atoms with E-state index in [0.29, 0.717) is 11.5 Å². The fourth-order valence-electron chi connectivity index (χ4n) is 2.41. The van der Waals surface area contributed by atoms with Crippen LogP contribution in [0.25, 0.3) is 0 Å². The molecule has 1 aliphatic rings. The molecule has 0 saturated heterocycles. The van der Waals surface area contributed by atoms with Crippen molar-refractivity contribution in [2.45, 2.75) is 42.6 Å². The lowest BCUT2D eigenvalue weighted by Gasteiger charge is -2.12. The molecule has 20 heavy (non-hydrogen) atoms. The lowest BCUT2D eigenvalue weighted by Crippen LogP contribution is -2.32.